The van der Waals surface area contributed by atoms with E-state index in [0.717, 1.165) is 93.8 Å². The summed E-state index contributed by atoms with van der Waals surface area (Å²) in [5.74, 6) is 0.520. The molecule has 376 valence electrons. The van der Waals surface area contributed by atoms with Crippen molar-refractivity contribution < 1.29 is 23.1 Å². The number of para-hydroxylation sites is 1. The Hall–Kier alpha value is -7.99. The molecule has 3 amide bonds. The third kappa shape index (κ3) is 13.0. The maximum absolute atomic E-state index is 13.9. The van der Waals surface area contributed by atoms with E-state index in [1.54, 1.807) is 42.7 Å². The first kappa shape index (κ1) is 52.3. The first-order valence-corrected chi connectivity index (χ1v) is 24.8. The Balaban J connectivity index is 0.000000155. The van der Waals surface area contributed by atoms with Gasteiger partial charge in [-0.25, -0.2) is 18.4 Å². The van der Waals surface area contributed by atoms with Crippen LogP contribution >= 0.6 is 12.4 Å². The maximum atomic E-state index is 13.9. The fourth-order valence-electron chi connectivity index (χ4n) is 10.2. The molecule has 0 bridgehead atoms. The van der Waals surface area contributed by atoms with Crippen LogP contribution in [0.1, 0.15) is 69.4 Å². The second kappa shape index (κ2) is 24.6. The number of anilines is 2. The van der Waals surface area contributed by atoms with Crippen LogP contribution in [0.25, 0.3) is 21.5 Å². The molecule has 9 nitrogen and oxygen atoms in total. The van der Waals surface area contributed by atoms with E-state index in [1.165, 1.54) is 22.8 Å². The molecular weight excluding hydrogens is 950 g/mol. The number of aryl methyl sites for hydroxylation is 4. The predicted molar refractivity (Wildman–Crippen MR) is 295 cm³/mol. The van der Waals surface area contributed by atoms with Crippen LogP contribution < -0.4 is 26.4 Å². The Labute approximate surface area is 437 Å². The van der Waals surface area contributed by atoms with Crippen molar-refractivity contribution in [2.24, 2.45) is 5.73 Å². The van der Waals surface area contributed by atoms with Gasteiger partial charge in [-0.15, -0.1) is 12.4 Å². The number of hydrogen-bond acceptors (Lipinski definition) is 6. The summed E-state index contributed by atoms with van der Waals surface area (Å²) >= 11 is 0. The van der Waals surface area contributed by atoms with E-state index in [-0.39, 0.29) is 48.1 Å². The SMILES string of the molecule is Cc1nccc2c(NC(=O)NC3CCc4cc(F)ccc4C3Cc3ccccc3)cccc12.Cc1nccc2c(NC(=O)Oc3ccccc3)cccc12.Cl.N[C@H]1CCc2cc(F)ccc2C1Cc1ccccc1. The molecule has 2 aromatic heterocycles. The van der Waals surface area contributed by atoms with Gasteiger partial charge < -0.3 is 21.1 Å². The average molecular weight is 1010 g/mol. The Morgan fingerprint density at radius 1 is 0.568 bits per heavy atom. The summed E-state index contributed by atoms with van der Waals surface area (Å²) in [6.07, 6.45) is 8.02. The van der Waals surface area contributed by atoms with E-state index in [2.05, 4.69) is 62.3 Å². The van der Waals surface area contributed by atoms with Crippen LogP contribution in [0.2, 0.25) is 0 Å². The van der Waals surface area contributed by atoms with Gasteiger partial charge in [0.15, 0.2) is 0 Å². The molecular formula is C62H59ClF2N6O3. The predicted octanol–water partition coefficient (Wildman–Crippen LogP) is 14.1. The van der Waals surface area contributed by atoms with E-state index >= 15 is 0 Å². The molecule has 0 saturated carbocycles. The van der Waals surface area contributed by atoms with E-state index in [1.807, 2.05) is 117 Å². The number of amides is 3. The second-order valence-corrected chi connectivity index (χ2v) is 18.6. The molecule has 2 aliphatic carbocycles. The van der Waals surface area contributed by atoms with Gasteiger partial charge in [-0.2, -0.15) is 0 Å². The summed E-state index contributed by atoms with van der Waals surface area (Å²) in [5.41, 5.74) is 16.6. The number of hydrogen-bond donors (Lipinski definition) is 4. The first-order chi connectivity index (χ1) is 35.6. The number of pyridine rings is 2. The quantitative estimate of drug-likeness (QED) is 0.120. The van der Waals surface area contributed by atoms with Crippen LogP contribution in [-0.4, -0.2) is 34.2 Å². The Morgan fingerprint density at radius 3 is 1.61 bits per heavy atom. The largest absolute Gasteiger partial charge is 0.417 e. The summed E-state index contributed by atoms with van der Waals surface area (Å²) in [6.45, 7) is 3.90. The van der Waals surface area contributed by atoms with Gasteiger partial charge in [0.2, 0.25) is 0 Å². The van der Waals surface area contributed by atoms with Crippen molar-refractivity contribution in [2.45, 2.75) is 76.3 Å². The molecule has 74 heavy (non-hydrogen) atoms. The van der Waals surface area contributed by atoms with Crippen LogP contribution in [0.5, 0.6) is 5.75 Å². The maximum Gasteiger partial charge on any atom is 0.417 e. The smallest absolute Gasteiger partial charge is 0.410 e. The molecule has 2 aliphatic rings. The second-order valence-electron chi connectivity index (χ2n) is 18.6. The van der Waals surface area contributed by atoms with Gasteiger partial charge in [0, 0.05) is 69.2 Å². The summed E-state index contributed by atoms with van der Waals surface area (Å²) in [5, 5.41) is 13.0. The Kier molecular flexibility index (Phi) is 17.4. The van der Waals surface area contributed by atoms with E-state index in [4.69, 9.17) is 10.5 Å². The lowest BCUT2D eigenvalue weighted by atomic mass is 9.76. The lowest BCUT2D eigenvalue weighted by Crippen LogP contribution is -2.44. The van der Waals surface area contributed by atoms with E-state index in [0.29, 0.717) is 17.4 Å². The number of carbonyl (C=O) groups excluding carboxylic acids is 2. The molecule has 0 radical (unpaired) electrons. The highest BCUT2D eigenvalue weighted by atomic mass is 35.5. The third-order valence-corrected chi connectivity index (χ3v) is 13.8. The zero-order chi connectivity index (χ0) is 50.7. The van der Waals surface area contributed by atoms with E-state index in [9.17, 15) is 18.4 Å². The van der Waals surface area contributed by atoms with Gasteiger partial charge >= 0.3 is 12.1 Å². The number of nitrogens with zero attached hydrogens (tertiary/aromatic N) is 2. The lowest BCUT2D eigenvalue weighted by molar-refractivity contribution is 0.215. The average Bonchev–Trinajstić information content (AvgIpc) is 3.40. The van der Waals surface area contributed by atoms with Crippen molar-refractivity contribution in [3.8, 4) is 5.75 Å². The van der Waals surface area contributed by atoms with Crippen molar-refractivity contribution >= 4 is 57.5 Å². The number of nitrogens with two attached hydrogens (primary N) is 1. The van der Waals surface area contributed by atoms with Crippen LogP contribution in [0.3, 0.4) is 0 Å². The van der Waals surface area contributed by atoms with Gasteiger partial charge in [0.25, 0.3) is 0 Å². The van der Waals surface area contributed by atoms with Crippen molar-refractivity contribution in [1.29, 1.82) is 0 Å². The minimum Gasteiger partial charge on any atom is -0.410 e. The van der Waals surface area contributed by atoms with E-state index < -0.39 is 6.09 Å². The number of urea groups is 1. The zero-order valence-electron chi connectivity index (χ0n) is 41.3. The number of ether oxygens (including phenoxy) is 1. The normalized spacial score (nSPS) is 16.3. The number of halogens is 3. The van der Waals surface area contributed by atoms with Crippen molar-refractivity contribution in [3.05, 3.63) is 245 Å². The molecule has 7 aromatic carbocycles. The summed E-state index contributed by atoms with van der Waals surface area (Å²) in [7, 11) is 0. The van der Waals surface area contributed by atoms with Gasteiger partial charge in [-0.1, -0.05) is 115 Å². The van der Waals surface area contributed by atoms with Crippen molar-refractivity contribution in [2.75, 3.05) is 10.6 Å². The number of aromatic nitrogens is 2. The summed E-state index contributed by atoms with van der Waals surface area (Å²) in [6, 6.07) is 55.0. The van der Waals surface area contributed by atoms with Gasteiger partial charge in [0.1, 0.15) is 17.4 Å². The molecule has 9 aromatic rings. The highest BCUT2D eigenvalue weighted by molar-refractivity contribution is 6.03. The van der Waals surface area contributed by atoms with Gasteiger partial charge in [0.05, 0.1) is 11.4 Å². The zero-order valence-corrected chi connectivity index (χ0v) is 42.1. The number of rotatable bonds is 8. The third-order valence-electron chi connectivity index (χ3n) is 13.8. The summed E-state index contributed by atoms with van der Waals surface area (Å²) in [4.78, 5) is 33.6. The molecule has 12 heteroatoms. The van der Waals surface area contributed by atoms with Gasteiger partial charge in [-0.05, 0) is 146 Å². The van der Waals surface area contributed by atoms with Crippen LogP contribution in [0, 0.1) is 25.5 Å². The molecule has 2 heterocycles. The molecule has 3 unspecified atom stereocenters. The van der Waals surface area contributed by atoms with Crippen LogP contribution in [0.15, 0.2) is 188 Å². The van der Waals surface area contributed by atoms with Crippen molar-refractivity contribution in [3.63, 3.8) is 0 Å². The highest BCUT2D eigenvalue weighted by Crippen LogP contribution is 2.36. The highest BCUT2D eigenvalue weighted by Gasteiger charge is 2.32. The van der Waals surface area contributed by atoms with Gasteiger partial charge in [-0.3, -0.25) is 15.3 Å². The molecule has 0 saturated heterocycles. The Morgan fingerprint density at radius 2 is 1.05 bits per heavy atom. The fourth-order valence-corrected chi connectivity index (χ4v) is 10.2. The summed E-state index contributed by atoms with van der Waals surface area (Å²) < 4.78 is 32.4. The first-order valence-electron chi connectivity index (χ1n) is 24.8. The number of fused-ring (bicyclic) bond motifs is 4. The topological polar surface area (TPSA) is 131 Å². The van der Waals surface area contributed by atoms with Crippen LogP contribution in [-0.2, 0) is 25.7 Å². The standard InChI is InChI=1S/C28H26FN3O.C17H18FN.C17H14N2O2.ClH/c1-18-22-8-5-9-26(24(22)14-15-30-18)31-28(33)32-27-13-10-20-17-21(29)11-12-23(20)25(27)16-19-6-3-2-4-7-19;18-14-7-8-15-13(11-14)6-9-17(19)16(15)10-12-4-2-1-3-5-12;1-12-14-8-5-9-16(15(14)10-11-18-12)19-17(20)21-13-6-3-2-4-7-13;/h2-9,11-12,14-15,17,25,27H,10,13,16H2,1H3,(H2,31,32,33);1-5,7-8,11,16-17H,6,9-10,19H2;2-11H,1H3,(H,19,20);1H/t;16?,17-;;/m.0../s1. The minimum absolute atomic E-state index is 0. The van der Waals surface area contributed by atoms with Crippen molar-refractivity contribution in [1.82, 2.24) is 15.3 Å². The monoisotopic (exact) mass is 1010 g/mol. The molecule has 0 aliphatic heterocycles. The number of carbonyl (C=O) groups is 2. The molecule has 5 N–H and O–H groups in total. The van der Waals surface area contributed by atoms with Crippen LogP contribution in [0.4, 0.5) is 29.7 Å². The minimum atomic E-state index is -0.511. The molecule has 0 spiro atoms. The molecule has 4 atom stereocenters. The molecule has 11 rings (SSSR count). The lowest BCUT2D eigenvalue weighted by Gasteiger charge is -2.34. The number of nitrogens with one attached hydrogen (secondary N) is 3. The fraction of sp³-hybridized carbons (Fsp3) is 0.194. The number of benzene rings is 7. The Bertz CT molecular complexity index is 3350. The molecule has 0 fully saturated rings.